The predicted octanol–water partition coefficient (Wildman–Crippen LogP) is 2.43. The van der Waals surface area contributed by atoms with Crippen molar-refractivity contribution >= 4 is 23.1 Å². The van der Waals surface area contributed by atoms with E-state index in [0.717, 1.165) is 0 Å². The molecule has 0 aliphatic carbocycles. The van der Waals surface area contributed by atoms with E-state index in [1.165, 1.54) is 10.9 Å². The third-order valence-electron chi connectivity index (χ3n) is 2.77. The normalized spacial score (nSPS) is 12.1. The van der Waals surface area contributed by atoms with Crippen molar-refractivity contribution in [2.75, 3.05) is 11.9 Å². The second-order valence-corrected chi connectivity index (χ2v) is 4.86. The third kappa shape index (κ3) is 2.48. The van der Waals surface area contributed by atoms with Crippen LogP contribution in [-0.2, 0) is 0 Å². The highest BCUT2D eigenvalue weighted by Crippen LogP contribution is 2.26. The van der Waals surface area contributed by atoms with E-state index in [1.54, 1.807) is 17.4 Å². The van der Waals surface area contributed by atoms with E-state index in [-0.39, 0.29) is 11.7 Å². The Morgan fingerprint density at radius 2 is 2.17 bits per heavy atom. The second-order valence-electron chi connectivity index (χ2n) is 3.88. The summed E-state index contributed by atoms with van der Waals surface area (Å²) in [5, 5.41) is 18.4. The van der Waals surface area contributed by atoms with Gasteiger partial charge in [-0.25, -0.2) is 4.79 Å². The molecule has 0 aliphatic heterocycles. The number of nitrogens with zero attached hydrogens (tertiary/aromatic N) is 3. The number of anilines is 1. The molecule has 6 heteroatoms. The molecule has 2 aromatic heterocycles. The second kappa shape index (κ2) is 5.14. The largest absolute Gasteiger partial charge is 0.476 e. The van der Waals surface area contributed by atoms with Gasteiger partial charge in [0.05, 0.1) is 6.04 Å². The van der Waals surface area contributed by atoms with Crippen LogP contribution in [0.4, 0.5) is 5.82 Å². The summed E-state index contributed by atoms with van der Waals surface area (Å²) in [6.07, 6.45) is 0. The molecule has 0 saturated carbocycles. The van der Waals surface area contributed by atoms with Gasteiger partial charge in [-0.05, 0) is 30.5 Å². The van der Waals surface area contributed by atoms with E-state index >= 15 is 0 Å². The van der Waals surface area contributed by atoms with Crippen LogP contribution in [-0.4, -0.2) is 28.3 Å². The molecule has 0 spiro atoms. The summed E-state index contributed by atoms with van der Waals surface area (Å²) in [7, 11) is 1.91. The van der Waals surface area contributed by atoms with Crippen molar-refractivity contribution in [2.24, 2.45) is 0 Å². The van der Waals surface area contributed by atoms with Crippen molar-refractivity contribution in [1.29, 1.82) is 0 Å². The number of thiophene rings is 1. The summed E-state index contributed by atoms with van der Waals surface area (Å²) >= 11 is 1.68. The molecule has 0 saturated heterocycles. The van der Waals surface area contributed by atoms with Crippen molar-refractivity contribution < 1.29 is 9.90 Å². The lowest BCUT2D eigenvalue weighted by atomic mass is 10.2. The number of aromatic carboxylic acids is 1. The molecule has 2 rings (SSSR count). The highest BCUT2D eigenvalue weighted by atomic mass is 32.1. The number of hydrogen-bond donors (Lipinski definition) is 1. The van der Waals surface area contributed by atoms with Crippen LogP contribution in [0, 0.1) is 0 Å². The Labute approximate surface area is 109 Å². The zero-order valence-electron chi connectivity index (χ0n) is 10.1. The number of aromatic nitrogens is 2. The first kappa shape index (κ1) is 12.5. The Kier molecular flexibility index (Phi) is 3.57. The maximum absolute atomic E-state index is 10.7. The number of carboxylic acids is 1. The Hall–Kier alpha value is -1.95. The molecule has 1 atom stereocenters. The highest BCUT2D eigenvalue weighted by molar-refractivity contribution is 7.10. The third-order valence-corrected chi connectivity index (χ3v) is 3.81. The first-order chi connectivity index (χ1) is 8.59. The Bertz CT molecular complexity index is 525. The SMILES string of the molecule is CC(c1cccs1)N(C)c1ccc(C(=O)O)nn1. The molecule has 0 bridgehead atoms. The lowest BCUT2D eigenvalue weighted by Crippen LogP contribution is -2.22. The van der Waals surface area contributed by atoms with E-state index in [4.69, 9.17) is 5.11 Å². The van der Waals surface area contributed by atoms with E-state index in [1.807, 2.05) is 23.4 Å². The van der Waals surface area contributed by atoms with Gasteiger partial charge in [-0.3, -0.25) is 0 Å². The van der Waals surface area contributed by atoms with Crippen LogP contribution < -0.4 is 4.90 Å². The minimum Gasteiger partial charge on any atom is -0.476 e. The van der Waals surface area contributed by atoms with Gasteiger partial charge in [-0.1, -0.05) is 6.07 Å². The Morgan fingerprint density at radius 3 is 2.67 bits per heavy atom. The van der Waals surface area contributed by atoms with Crippen LogP contribution >= 0.6 is 11.3 Å². The molecule has 18 heavy (non-hydrogen) atoms. The number of hydrogen-bond acceptors (Lipinski definition) is 5. The smallest absolute Gasteiger partial charge is 0.356 e. The molecule has 0 radical (unpaired) electrons. The standard InChI is InChI=1S/C12H13N3O2S/c1-8(10-4-3-7-18-10)15(2)11-6-5-9(12(16)17)13-14-11/h3-8H,1-2H3,(H,16,17). The summed E-state index contributed by atoms with van der Waals surface area (Å²) in [4.78, 5) is 13.9. The molecule has 0 aliphatic rings. The van der Waals surface area contributed by atoms with Gasteiger partial charge >= 0.3 is 5.97 Å². The van der Waals surface area contributed by atoms with Gasteiger partial charge in [0.15, 0.2) is 11.5 Å². The molecular formula is C12H13N3O2S. The molecule has 0 amide bonds. The van der Waals surface area contributed by atoms with E-state index in [9.17, 15) is 4.79 Å². The zero-order chi connectivity index (χ0) is 13.1. The first-order valence-corrected chi connectivity index (χ1v) is 6.31. The van der Waals surface area contributed by atoms with Gasteiger partial charge in [-0.2, -0.15) is 0 Å². The molecule has 94 valence electrons. The van der Waals surface area contributed by atoms with E-state index in [2.05, 4.69) is 23.2 Å². The average molecular weight is 263 g/mol. The van der Waals surface area contributed by atoms with Crippen LogP contribution in [0.3, 0.4) is 0 Å². The van der Waals surface area contributed by atoms with Crippen molar-refractivity contribution in [3.8, 4) is 0 Å². The first-order valence-electron chi connectivity index (χ1n) is 5.43. The van der Waals surface area contributed by atoms with Gasteiger partial charge in [0.25, 0.3) is 0 Å². The molecule has 1 N–H and O–H groups in total. The molecule has 2 aromatic rings. The Morgan fingerprint density at radius 1 is 1.39 bits per heavy atom. The van der Waals surface area contributed by atoms with Crippen LogP contribution in [0.5, 0.6) is 0 Å². The van der Waals surface area contributed by atoms with E-state index < -0.39 is 5.97 Å². The quantitative estimate of drug-likeness (QED) is 0.917. The molecule has 2 heterocycles. The molecule has 5 nitrogen and oxygen atoms in total. The van der Waals surface area contributed by atoms with E-state index in [0.29, 0.717) is 5.82 Å². The van der Waals surface area contributed by atoms with Gasteiger partial charge in [-0.15, -0.1) is 21.5 Å². The fraction of sp³-hybridized carbons (Fsp3) is 0.250. The zero-order valence-corrected chi connectivity index (χ0v) is 10.9. The lowest BCUT2D eigenvalue weighted by molar-refractivity contribution is 0.0689. The minimum atomic E-state index is -1.07. The monoisotopic (exact) mass is 263 g/mol. The Balaban J connectivity index is 2.18. The van der Waals surface area contributed by atoms with Gasteiger partial charge in [0, 0.05) is 11.9 Å². The molecule has 1 unspecified atom stereocenters. The highest BCUT2D eigenvalue weighted by Gasteiger charge is 2.15. The number of rotatable bonds is 4. The lowest BCUT2D eigenvalue weighted by Gasteiger charge is -2.24. The molecule has 0 fully saturated rings. The van der Waals surface area contributed by atoms with Gasteiger partial charge in [0.2, 0.25) is 0 Å². The fourth-order valence-electron chi connectivity index (χ4n) is 1.55. The topological polar surface area (TPSA) is 66.3 Å². The van der Waals surface area contributed by atoms with Crippen molar-refractivity contribution in [3.63, 3.8) is 0 Å². The number of carboxylic acid groups (broad SMARTS) is 1. The molecular weight excluding hydrogens is 250 g/mol. The average Bonchev–Trinajstić information content (AvgIpc) is 2.91. The summed E-state index contributed by atoms with van der Waals surface area (Å²) in [6.45, 7) is 2.07. The number of carbonyl (C=O) groups is 1. The molecule has 0 aromatic carbocycles. The summed E-state index contributed by atoms with van der Waals surface area (Å²) in [5.41, 5.74) is -0.0454. The van der Waals surface area contributed by atoms with Crippen LogP contribution in [0.25, 0.3) is 0 Å². The predicted molar refractivity (Wildman–Crippen MR) is 70.1 cm³/mol. The van der Waals surface area contributed by atoms with Gasteiger partial charge < -0.3 is 10.0 Å². The summed E-state index contributed by atoms with van der Waals surface area (Å²) in [5.74, 6) is -0.413. The van der Waals surface area contributed by atoms with Crippen molar-refractivity contribution in [3.05, 3.63) is 40.2 Å². The van der Waals surface area contributed by atoms with Crippen molar-refractivity contribution in [2.45, 2.75) is 13.0 Å². The minimum absolute atomic E-state index is 0.0454. The van der Waals surface area contributed by atoms with Gasteiger partial charge in [0.1, 0.15) is 0 Å². The summed E-state index contributed by atoms with van der Waals surface area (Å²) < 4.78 is 0. The maximum atomic E-state index is 10.7. The fourth-order valence-corrected chi connectivity index (χ4v) is 2.37. The summed E-state index contributed by atoms with van der Waals surface area (Å²) in [6, 6.07) is 7.37. The van der Waals surface area contributed by atoms with Crippen LogP contribution in [0.1, 0.15) is 28.3 Å². The van der Waals surface area contributed by atoms with Crippen LogP contribution in [0.2, 0.25) is 0 Å². The maximum Gasteiger partial charge on any atom is 0.356 e. The van der Waals surface area contributed by atoms with Crippen LogP contribution in [0.15, 0.2) is 29.6 Å². The van der Waals surface area contributed by atoms with Crippen molar-refractivity contribution in [1.82, 2.24) is 10.2 Å².